The Labute approximate surface area is 225 Å². The number of carbonyl (C=O) groups excluding carboxylic acids is 3. The maximum atomic E-state index is 13.4. The Morgan fingerprint density at radius 2 is 1.82 bits per heavy atom. The number of amidine groups is 1. The zero-order valence-corrected chi connectivity index (χ0v) is 22.1. The van der Waals surface area contributed by atoms with Crippen LogP contribution in [0.1, 0.15) is 27.7 Å². The van der Waals surface area contributed by atoms with E-state index in [-0.39, 0.29) is 12.4 Å². The van der Waals surface area contributed by atoms with Crippen molar-refractivity contribution >= 4 is 29.6 Å². The van der Waals surface area contributed by atoms with Gasteiger partial charge in [0.25, 0.3) is 5.79 Å². The van der Waals surface area contributed by atoms with Crippen molar-refractivity contribution in [3.63, 3.8) is 0 Å². The summed E-state index contributed by atoms with van der Waals surface area (Å²) in [4.78, 5) is 50.4. The van der Waals surface area contributed by atoms with Gasteiger partial charge in [-0.15, -0.1) is 0 Å². The number of hydrogen-bond acceptors (Lipinski definition) is 13. The Morgan fingerprint density at radius 1 is 1.15 bits per heavy atom. The number of para-hydroxylation sites is 1. The van der Waals surface area contributed by atoms with Gasteiger partial charge in [0.2, 0.25) is 11.4 Å². The maximum absolute atomic E-state index is 13.4. The zero-order valence-electron chi connectivity index (χ0n) is 22.1. The molecular formula is C25H34N6O8. The summed E-state index contributed by atoms with van der Waals surface area (Å²) < 4.78 is 11.5. The molecule has 1 saturated heterocycles. The third-order valence-electron chi connectivity index (χ3n) is 7.14. The van der Waals surface area contributed by atoms with Gasteiger partial charge in [-0.25, -0.2) is 9.98 Å². The molecule has 3 heterocycles. The first-order valence-corrected chi connectivity index (χ1v) is 12.5. The number of ether oxygens (including phenoxy) is 2. The quantitative estimate of drug-likeness (QED) is 0.240. The highest BCUT2D eigenvalue weighted by Crippen LogP contribution is 2.41. The van der Waals surface area contributed by atoms with Gasteiger partial charge in [-0.05, 0) is 26.0 Å². The molecule has 0 spiro atoms. The fourth-order valence-electron chi connectivity index (χ4n) is 5.09. The van der Waals surface area contributed by atoms with Crippen molar-refractivity contribution in [3.05, 3.63) is 30.3 Å². The molecule has 212 valence electrons. The fourth-order valence-corrected chi connectivity index (χ4v) is 5.09. The number of nitrogens with zero attached hydrogens (tertiary/aromatic N) is 4. The van der Waals surface area contributed by atoms with Crippen LogP contribution >= 0.6 is 0 Å². The van der Waals surface area contributed by atoms with Gasteiger partial charge in [-0.1, -0.05) is 18.2 Å². The Hall–Kier alpha value is -3.43. The highest BCUT2D eigenvalue weighted by molar-refractivity contribution is 6.17. The number of aliphatic imine (C=N–C) groups is 2. The van der Waals surface area contributed by atoms with Crippen molar-refractivity contribution in [2.75, 3.05) is 13.2 Å². The minimum absolute atomic E-state index is 0.0788. The van der Waals surface area contributed by atoms with Gasteiger partial charge in [0, 0.05) is 13.8 Å². The Balaban J connectivity index is 1.77. The first-order chi connectivity index (χ1) is 18.4. The monoisotopic (exact) mass is 546 g/mol. The predicted molar refractivity (Wildman–Crippen MR) is 137 cm³/mol. The lowest BCUT2D eigenvalue weighted by atomic mass is 9.85. The predicted octanol–water partition coefficient (Wildman–Crippen LogP) is -2.06. The third-order valence-corrected chi connectivity index (χ3v) is 7.14. The number of nitrogens with one attached hydrogen (secondary N) is 1. The number of rotatable bonds is 8. The molecule has 1 amide bonds. The molecule has 0 bridgehead atoms. The highest BCUT2D eigenvalue weighted by Gasteiger charge is 2.67. The van der Waals surface area contributed by atoms with Crippen LogP contribution in [0.25, 0.3) is 0 Å². The average molecular weight is 547 g/mol. The highest BCUT2D eigenvalue weighted by atomic mass is 16.6. The Bertz CT molecular complexity index is 1180. The van der Waals surface area contributed by atoms with Crippen LogP contribution in [0.3, 0.4) is 0 Å². The molecule has 8 atom stereocenters. The average Bonchev–Trinajstić information content (AvgIpc) is 3.41. The van der Waals surface area contributed by atoms with E-state index in [1.807, 2.05) is 18.2 Å². The second-order valence-electron chi connectivity index (χ2n) is 9.92. The van der Waals surface area contributed by atoms with E-state index in [1.54, 1.807) is 19.1 Å². The van der Waals surface area contributed by atoms with Crippen LogP contribution < -0.4 is 15.8 Å². The second-order valence-corrected chi connectivity index (χ2v) is 9.92. The number of nitrogens with two attached hydrogens (primary N) is 1. The van der Waals surface area contributed by atoms with Crippen LogP contribution in [0.5, 0.6) is 5.75 Å². The van der Waals surface area contributed by atoms with E-state index in [1.165, 1.54) is 18.2 Å². The third kappa shape index (κ3) is 4.67. The summed E-state index contributed by atoms with van der Waals surface area (Å²) >= 11 is 0. The van der Waals surface area contributed by atoms with Crippen molar-refractivity contribution in [1.82, 2.24) is 15.1 Å². The van der Waals surface area contributed by atoms with Gasteiger partial charge < -0.3 is 35.0 Å². The van der Waals surface area contributed by atoms with Crippen LogP contribution in [0.2, 0.25) is 0 Å². The van der Waals surface area contributed by atoms with Crippen LogP contribution in [-0.4, -0.2) is 116 Å². The molecule has 4 rings (SSSR count). The molecule has 1 aromatic carbocycles. The van der Waals surface area contributed by atoms with E-state index < -0.39 is 72.2 Å². The molecule has 0 radical (unpaired) electrons. The smallest absolute Gasteiger partial charge is 0.250 e. The molecule has 0 saturated carbocycles. The summed E-state index contributed by atoms with van der Waals surface area (Å²) in [5.74, 6) is -3.65. The molecule has 14 heteroatoms. The molecular weight excluding hydrogens is 512 g/mol. The Kier molecular flexibility index (Phi) is 7.78. The molecule has 0 aromatic heterocycles. The van der Waals surface area contributed by atoms with Gasteiger partial charge >= 0.3 is 0 Å². The number of aliphatic hydroxyl groups is 3. The van der Waals surface area contributed by atoms with Gasteiger partial charge in [-0.3, -0.25) is 25.0 Å². The lowest BCUT2D eigenvalue weighted by Gasteiger charge is -2.52. The largest absolute Gasteiger partial charge is 0.491 e. The van der Waals surface area contributed by atoms with Gasteiger partial charge in [0.1, 0.15) is 36.5 Å². The number of Topliss-reactive ketones (excluding diaryl/α,β-unsaturated/α-hetero) is 2. The van der Waals surface area contributed by atoms with Gasteiger partial charge in [0.15, 0.2) is 24.0 Å². The number of aliphatic hydroxyl groups excluding tert-OH is 3. The zero-order chi connectivity index (χ0) is 28.7. The van der Waals surface area contributed by atoms with E-state index in [2.05, 4.69) is 15.3 Å². The molecule has 39 heavy (non-hydrogen) atoms. The standard InChI is InChI=1S/C25H34N6O8/c1-13(11-38-17-8-6-5-7-9-17)28-22-24(14(2)33)23(31(16(4)35)25(26,29-22)15(3)34)30(12-27-24)21-20(37)19(36)18(10-32)39-21/h5-9,12-13,18-21,23,32,36-37H,10-11,26H2,1-4H3,(H,28,29)/t13?,18-,19?,20?,21-,23?,24?,25?/m1/s1. The summed E-state index contributed by atoms with van der Waals surface area (Å²) in [7, 11) is 0. The van der Waals surface area contributed by atoms with Crippen molar-refractivity contribution in [2.24, 2.45) is 15.7 Å². The van der Waals surface area contributed by atoms with Crippen LogP contribution in [0.4, 0.5) is 0 Å². The van der Waals surface area contributed by atoms with E-state index in [0.29, 0.717) is 5.75 Å². The lowest BCUT2D eigenvalue weighted by Crippen LogP contribution is -2.79. The summed E-state index contributed by atoms with van der Waals surface area (Å²) in [6.45, 7) is 4.88. The minimum atomic E-state index is -2.25. The summed E-state index contributed by atoms with van der Waals surface area (Å²) in [5, 5.41) is 33.8. The lowest BCUT2D eigenvalue weighted by molar-refractivity contribution is -0.166. The number of amides is 1. The molecule has 1 aromatic rings. The molecule has 6 unspecified atom stereocenters. The van der Waals surface area contributed by atoms with Crippen LogP contribution in [0.15, 0.2) is 40.3 Å². The van der Waals surface area contributed by atoms with E-state index in [4.69, 9.17) is 15.2 Å². The molecule has 0 aliphatic carbocycles. The topological polar surface area (TPSA) is 200 Å². The van der Waals surface area contributed by atoms with Crippen molar-refractivity contribution in [1.29, 1.82) is 0 Å². The maximum Gasteiger partial charge on any atom is 0.250 e. The molecule has 6 N–H and O–H groups in total. The minimum Gasteiger partial charge on any atom is -0.491 e. The van der Waals surface area contributed by atoms with E-state index in [0.717, 1.165) is 18.7 Å². The van der Waals surface area contributed by atoms with Gasteiger partial charge in [0.05, 0.1) is 19.0 Å². The first kappa shape index (κ1) is 28.6. The van der Waals surface area contributed by atoms with E-state index in [9.17, 15) is 29.7 Å². The van der Waals surface area contributed by atoms with Crippen molar-refractivity contribution in [2.45, 2.75) is 75.8 Å². The SMILES string of the molecule is CC(=O)N1C2N([C@@H]3O[C@H](CO)C(O)C3O)C=NC2(C(C)=O)C(NC(C)COc2ccccc2)=NC1(N)C(C)=O. The first-order valence-electron chi connectivity index (χ1n) is 12.5. The number of fused-ring (bicyclic) bond motifs is 1. The van der Waals surface area contributed by atoms with Gasteiger partial charge in [-0.2, -0.15) is 0 Å². The molecule has 1 fully saturated rings. The molecule has 14 nitrogen and oxygen atoms in total. The summed E-state index contributed by atoms with van der Waals surface area (Å²) in [6.07, 6.45) is -5.72. The number of ketones is 2. The summed E-state index contributed by atoms with van der Waals surface area (Å²) in [5.41, 5.74) is 4.59. The summed E-state index contributed by atoms with van der Waals surface area (Å²) in [6, 6.07) is 8.58. The normalized spacial score (nSPS) is 34.4. The number of hydrogen-bond donors (Lipinski definition) is 5. The number of benzene rings is 1. The van der Waals surface area contributed by atoms with Crippen LogP contribution in [-0.2, 0) is 19.1 Å². The second kappa shape index (κ2) is 10.6. The fraction of sp³-hybridized carbons (Fsp3) is 0.560. The molecule has 3 aliphatic heterocycles. The Morgan fingerprint density at radius 3 is 2.36 bits per heavy atom. The van der Waals surface area contributed by atoms with Crippen LogP contribution in [0, 0.1) is 0 Å². The van der Waals surface area contributed by atoms with Crippen molar-refractivity contribution in [3.8, 4) is 5.75 Å². The molecule has 3 aliphatic rings. The van der Waals surface area contributed by atoms with E-state index >= 15 is 0 Å². The number of carbonyl (C=O) groups is 3. The van der Waals surface area contributed by atoms with Crippen molar-refractivity contribution < 1.29 is 39.2 Å².